The minimum Gasteiger partial charge on any atom is -0.423 e. The van der Waals surface area contributed by atoms with Crippen LogP contribution in [0, 0.1) is 6.92 Å². The molecular formula is C23H29N5O7. The van der Waals surface area contributed by atoms with E-state index in [0.29, 0.717) is 10.9 Å². The number of carbonyl (C=O) groups excluding carboxylic acids is 5. The third-order valence-electron chi connectivity index (χ3n) is 5.12. The van der Waals surface area contributed by atoms with Crippen LogP contribution in [0.15, 0.2) is 33.5 Å². The number of nitrogens with one attached hydrogen (secondary N) is 4. The Kier molecular flexibility index (Phi) is 8.84. The maximum Gasteiger partial charge on any atom is 0.336 e. The van der Waals surface area contributed by atoms with Crippen molar-refractivity contribution >= 4 is 40.5 Å². The quantitative estimate of drug-likeness (QED) is 0.300. The van der Waals surface area contributed by atoms with Crippen LogP contribution in [0.4, 0.5) is 0 Å². The number of rotatable bonds is 8. The first-order valence-electron chi connectivity index (χ1n) is 10.9. The van der Waals surface area contributed by atoms with Gasteiger partial charge in [0.15, 0.2) is 0 Å². The molecule has 0 radical (unpaired) electrons. The number of amides is 5. The molecule has 0 saturated heterocycles. The molecule has 0 aliphatic carbocycles. The molecule has 0 spiro atoms. The summed E-state index contributed by atoms with van der Waals surface area (Å²) in [5, 5.41) is 10.0. The first-order chi connectivity index (χ1) is 16.3. The molecule has 0 bridgehead atoms. The van der Waals surface area contributed by atoms with Crippen molar-refractivity contribution in [2.75, 3.05) is 0 Å². The van der Waals surface area contributed by atoms with Crippen LogP contribution >= 0.6 is 0 Å². The van der Waals surface area contributed by atoms with Gasteiger partial charge in [-0.15, -0.1) is 0 Å². The van der Waals surface area contributed by atoms with Gasteiger partial charge in [-0.05, 0) is 52.3 Å². The van der Waals surface area contributed by atoms with Crippen molar-refractivity contribution in [3.05, 3.63) is 45.8 Å². The molecule has 0 unspecified atom stereocenters. The highest BCUT2D eigenvalue weighted by molar-refractivity contribution is 6.08. The molecule has 1 aromatic carbocycles. The Morgan fingerprint density at radius 1 is 0.800 bits per heavy atom. The molecule has 0 saturated carbocycles. The first-order valence-corrected chi connectivity index (χ1v) is 10.9. The van der Waals surface area contributed by atoms with Crippen molar-refractivity contribution < 1.29 is 28.4 Å². The highest BCUT2D eigenvalue weighted by Gasteiger charge is 2.25. The molecule has 188 valence electrons. The van der Waals surface area contributed by atoms with Crippen molar-refractivity contribution in [2.45, 2.75) is 58.8 Å². The van der Waals surface area contributed by atoms with Crippen LogP contribution in [0.3, 0.4) is 0 Å². The second kappa shape index (κ2) is 11.4. The number of hydrogen-bond donors (Lipinski definition) is 5. The molecule has 12 nitrogen and oxygen atoms in total. The maximum atomic E-state index is 12.5. The van der Waals surface area contributed by atoms with Crippen molar-refractivity contribution in [3.63, 3.8) is 0 Å². The summed E-state index contributed by atoms with van der Waals surface area (Å²) < 4.78 is 5.10. The Morgan fingerprint density at radius 3 is 1.86 bits per heavy atom. The highest BCUT2D eigenvalue weighted by Crippen LogP contribution is 2.18. The van der Waals surface area contributed by atoms with E-state index in [9.17, 15) is 28.8 Å². The fourth-order valence-electron chi connectivity index (χ4n) is 2.98. The molecule has 0 aliphatic rings. The Hall–Kier alpha value is -4.06. The molecule has 2 aromatic rings. The van der Waals surface area contributed by atoms with E-state index in [-0.39, 0.29) is 11.1 Å². The molecule has 5 amide bonds. The topological polar surface area (TPSA) is 190 Å². The van der Waals surface area contributed by atoms with Gasteiger partial charge in [0.05, 0.1) is 6.04 Å². The summed E-state index contributed by atoms with van der Waals surface area (Å²) in [5.74, 6) is -3.36. The Labute approximate surface area is 201 Å². The molecule has 0 fully saturated rings. The fraction of sp³-hybridized carbons (Fsp3) is 0.391. The van der Waals surface area contributed by atoms with Gasteiger partial charge in [0, 0.05) is 17.0 Å². The average Bonchev–Trinajstić information content (AvgIpc) is 2.77. The summed E-state index contributed by atoms with van der Waals surface area (Å²) in [6.45, 7) is 7.39. The molecule has 1 heterocycles. The lowest BCUT2D eigenvalue weighted by Gasteiger charge is -2.20. The van der Waals surface area contributed by atoms with Gasteiger partial charge in [-0.2, -0.15) is 0 Å². The van der Waals surface area contributed by atoms with Crippen molar-refractivity contribution in [1.29, 1.82) is 0 Å². The monoisotopic (exact) mass is 487 g/mol. The minimum absolute atomic E-state index is 0.0848. The standard InChI is InChI=1S/C23H29N5O7/c1-10-8-18(29)35-17-9-15(6-7-16(10)17)23(34)28-22(33)14(5)27-21(32)13(4)26-20(31)12(3)25-19(30)11(2)24/h6-9,11-14H,24H2,1-5H3,(H,25,30)(H,26,31)(H,27,32)(H,28,33,34)/t11-,12-,13-,14-/m0/s1. The van der Waals surface area contributed by atoms with Gasteiger partial charge in [-0.3, -0.25) is 29.3 Å². The van der Waals surface area contributed by atoms with Crippen molar-refractivity contribution in [2.24, 2.45) is 5.73 Å². The second-order valence-electron chi connectivity index (χ2n) is 8.26. The summed E-state index contributed by atoms with van der Waals surface area (Å²) in [6.07, 6.45) is 0. The van der Waals surface area contributed by atoms with Gasteiger partial charge in [0.1, 0.15) is 23.7 Å². The number of imide groups is 1. The summed E-state index contributed by atoms with van der Waals surface area (Å²) in [5.41, 5.74) is 5.84. The smallest absolute Gasteiger partial charge is 0.336 e. The van der Waals surface area contributed by atoms with Crippen LogP contribution in [0.1, 0.15) is 43.6 Å². The summed E-state index contributed by atoms with van der Waals surface area (Å²) in [4.78, 5) is 72.6. The minimum atomic E-state index is -1.11. The van der Waals surface area contributed by atoms with Crippen LogP contribution in [-0.4, -0.2) is 53.7 Å². The predicted molar refractivity (Wildman–Crippen MR) is 126 cm³/mol. The van der Waals surface area contributed by atoms with Crippen LogP contribution in [0.2, 0.25) is 0 Å². The lowest BCUT2D eigenvalue weighted by atomic mass is 10.1. The Morgan fingerprint density at radius 2 is 1.31 bits per heavy atom. The summed E-state index contributed by atoms with van der Waals surface area (Å²) in [7, 11) is 0. The number of fused-ring (bicyclic) bond motifs is 1. The average molecular weight is 488 g/mol. The second-order valence-corrected chi connectivity index (χ2v) is 8.26. The van der Waals surface area contributed by atoms with Gasteiger partial charge in [-0.25, -0.2) is 4.79 Å². The molecule has 1 aromatic heterocycles. The molecule has 2 rings (SSSR count). The number of carbonyl (C=O) groups is 5. The number of benzene rings is 1. The normalized spacial score (nSPS) is 14.2. The molecular weight excluding hydrogens is 458 g/mol. The molecule has 0 aliphatic heterocycles. The third-order valence-corrected chi connectivity index (χ3v) is 5.12. The fourth-order valence-corrected chi connectivity index (χ4v) is 2.98. The van der Waals surface area contributed by atoms with E-state index < -0.39 is 59.3 Å². The molecule has 35 heavy (non-hydrogen) atoms. The van der Waals surface area contributed by atoms with E-state index in [1.54, 1.807) is 13.0 Å². The van der Waals surface area contributed by atoms with Gasteiger partial charge in [-0.1, -0.05) is 6.07 Å². The van der Waals surface area contributed by atoms with E-state index in [0.717, 1.165) is 0 Å². The first kappa shape index (κ1) is 27.2. The molecule has 4 atom stereocenters. The summed E-state index contributed by atoms with van der Waals surface area (Å²) >= 11 is 0. The maximum absolute atomic E-state index is 12.5. The van der Waals surface area contributed by atoms with Gasteiger partial charge >= 0.3 is 5.63 Å². The number of hydrogen-bond acceptors (Lipinski definition) is 8. The van der Waals surface area contributed by atoms with E-state index >= 15 is 0 Å². The van der Waals surface area contributed by atoms with Crippen LogP contribution in [0.25, 0.3) is 11.0 Å². The number of nitrogens with two attached hydrogens (primary N) is 1. The summed E-state index contributed by atoms with van der Waals surface area (Å²) in [6, 6.07) is 1.87. The molecule has 12 heteroatoms. The SMILES string of the molecule is Cc1cc(=O)oc2cc(C(=O)NC(=O)[C@H](C)NC(=O)[C@H](C)NC(=O)[C@H](C)NC(=O)[C@H](C)N)ccc12. The number of aryl methyl sites for hydroxylation is 1. The zero-order valence-electron chi connectivity index (χ0n) is 20.1. The van der Waals surface area contributed by atoms with Gasteiger partial charge in [0.25, 0.3) is 5.91 Å². The Balaban J connectivity index is 1.94. The van der Waals surface area contributed by atoms with Crippen LogP contribution < -0.4 is 32.6 Å². The van der Waals surface area contributed by atoms with Gasteiger partial charge < -0.3 is 26.1 Å². The zero-order chi connectivity index (χ0) is 26.4. The highest BCUT2D eigenvalue weighted by atomic mass is 16.4. The van der Waals surface area contributed by atoms with Crippen molar-refractivity contribution in [3.8, 4) is 0 Å². The lowest BCUT2D eigenvalue weighted by Crippen LogP contribution is -2.55. The van der Waals surface area contributed by atoms with Crippen LogP contribution in [-0.2, 0) is 19.2 Å². The lowest BCUT2D eigenvalue weighted by molar-refractivity contribution is -0.133. The zero-order valence-corrected chi connectivity index (χ0v) is 20.1. The predicted octanol–water partition coefficient (Wildman–Crippen LogP) is -0.781. The third kappa shape index (κ3) is 7.21. The van der Waals surface area contributed by atoms with Gasteiger partial charge in [0.2, 0.25) is 23.6 Å². The van der Waals surface area contributed by atoms with Crippen LogP contribution in [0.5, 0.6) is 0 Å². The largest absolute Gasteiger partial charge is 0.423 e. The van der Waals surface area contributed by atoms with E-state index in [1.807, 2.05) is 0 Å². The van der Waals surface area contributed by atoms with E-state index in [4.69, 9.17) is 10.2 Å². The van der Waals surface area contributed by atoms with Crippen molar-refractivity contribution in [1.82, 2.24) is 21.3 Å². The van der Waals surface area contributed by atoms with E-state index in [1.165, 1.54) is 45.9 Å². The molecule has 6 N–H and O–H groups in total. The van der Waals surface area contributed by atoms with E-state index in [2.05, 4.69) is 21.3 Å². The Bertz CT molecular complexity index is 1220.